The van der Waals surface area contributed by atoms with Crippen molar-refractivity contribution in [3.8, 4) is 0 Å². The first kappa shape index (κ1) is 33.4. The molecule has 226 valence electrons. The predicted octanol–water partition coefficient (Wildman–Crippen LogP) is 6.65. The maximum Gasteiger partial charge on any atom is 0.417 e. The molecule has 0 bridgehead atoms. The highest BCUT2D eigenvalue weighted by Crippen LogP contribution is 2.38. The van der Waals surface area contributed by atoms with Gasteiger partial charge in [-0.1, -0.05) is 57.9 Å². The minimum Gasteiger partial charge on any atom is -0.350 e. The summed E-state index contributed by atoms with van der Waals surface area (Å²) in [6.45, 7) is 5.83. The number of sulfonamides is 1. The molecule has 7 nitrogen and oxygen atoms in total. The highest BCUT2D eigenvalue weighted by molar-refractivity contribution is 9.10. The van der Waals surface area contributed by atoms with E-state index in [1.807, 2.05) is 0 Å². The number of hydrogen-bond acceptors (Lipinski definition) is 4. The molecule has 13 heteroatoms. The number of carbonyl (C=O) groups excluding carboxylic acids is 2. The van der Waals surface area contributed by atoms with E-state index in [2.05, 4.69) is 21.2 Å². The standard InChI is InChI=1S/C29H30BrClF3N3O4S/c1-19(27(39)35-28(2,3)4)36(17-20-9-8-10-21(30)15-20)26(38)18-37(42(40,41)23-11-6-5-7-12-23)22-13-14-25(31)24(16-22)29(32,33)34/h5-16,19H,17-18H2,1-4H3,(H,35,39)/t19-/m0/s1. The summed E-state index contributed by atoms with van der Waals surface area (Å²) < 4.78 is 70.1. The fraction of sp³-hybridized carbons (Fsp3) is 0.310. The lowest BCUT2D eigenvalue weighted by atomic mass is 10.1. The Hall–Kier alpha value is -3.09. The SMILES string of the molecule is C[C@@H](C(=O)NC(C)(C)C)N(Cc1cccc(Br)c1)C(=O)CN(c1ccc(Cl)c(C(F)(F)F)c1)S(=O)(=O)c1ccccc1. The minimum atomic E-state index is -4.88. The molecule has 3 aromatic rings. The Morgan fingerprint density at radius 2 is 1.62 bits per heavy atom. The number of nitrogens with zero attached hydrogens (tertiary/aromatic N) is 2. The smallest absolute Gasteiger partial charge is 0.350 e. The molecule has 0 spiro atoms. The second-order valence-electron chi connectivity index (χ2n) is 10.6. The third kappa shape index (κ3) is 8.48. The van der Waals surface area contributed by atoms with E-state index in [0.717, 1.165) is 12.1 Å². The third-order valence-corrected chi connectivity index (χ3v) is 8.67. The zero-order valence-electron chi connectivity index (χ0n) is 23.2. The van der Waals surface area contributed by atoms with Gasteiger partial charge in [-0.25, -0.2) is 8.42 Å². The van der Waals surface area contributed by atoms with Crippen LogP contribution in [0.1, 0.15) is 38.8 Å². The summed E-state index contributed by atoms with van der Waals surface area (Å²) in [5.74, 6) is -1.30. The van der Waals surface area contributed by atoms with Gasteiger partial charge in [0.2, 0.25) is 11.8 Å². The van der Waals surface area contributed by atoms with Crippen molar-refractivity contribution in [3.05, 3.63) is 93.4 Å². The van der Waals surface area contributed by atoms with Gasteiger partial charge >= 0.3 is 6.18 Å². The first-order valence-corrected chi connectivity index (χ1v) is 15.3. The predicted molar refractivity (Wildman–Crippen MR) is 159 cm³/mol. The first-order valence-electron chi connectivity index (χ1n) is 12.7. The number of rotatable bonds is 9. The molecule has 0 saturated heterocycles. The van der Waals surface area contributed by atoms with E-state index < -0.39 is 62.4 Å². The van der Waals surface area contributed by atoms with Gasteiger partial charge in [0.1, 0.15) is 12.6 Å². The van der Waals surface area contributed by atoms with Crippen molar-refractivity contribution in [3.63, 3.8) is 0 Å². The van der Waals surface area contributed by atoms with Crippen LogP contribution in [0.5, 0.6) is 0 Å². The molecule has 3 aromatic carbocycles. The molecule has 0 saturated carbocycles. The van der Waals surface area contributed by atoms with Gasteiger partial charge in [-0.2, -0.15) is 13.2 Å². The molecule has 0 heterocycles. The molecule has 0 radical (unpaired) electrons. The fourth-order valence-corrected chi connectivity index (χ4v) is 6.12. The number of alkyl halides is 3. The van der Waals surface area contributed by atoms with Gasteiger partial charge < -0.3 is 10.2 Å². The van der Waals surface area contributed by atoms with E-state index in [9.17, 15) is 31.2 Å². The van der Waals surface area contributed by atoms with E-state index in [0.29, 0.717) is 20.4 Å². The molecule has 1 N–H and O–H groups in total. The van der Waals surface area contributed by atoms with Crippen molar-refractivity contribution < 1.29 is 31.2 Å². The fourth-order valence-electron chi connectivity index (χ4n) is 4.02. The minimum absolute atomic E-state index is 0.0787. The molecule has 0 aliphatic carbocycles. The van der Waals surface area contributed by atoms with Gasteiger partial charge in [0, 0.05) is 16.6 Å². The number of hydrogen-bond donors (Lipinski definition) is 1. The van der Waals surface area contributed by atoms with Crippen molar-refractivity contribution in [2.24, 2.45) is 0 Å². The highest BCUT2D eigenvalue weighted by Gasteiger charge is 2.37. The van der Waals surface area contributed by atoms with Crippen LogP contribution in [0.2, 0.25) is 5.02 Å². The van der Waals surface area contributed by atoms with Crippen LogP contribution < -0.4 is 9.62 Å². The lowest BCUT2D eigenvalue weighted by Crippen LogP contribution is -2.54. The topological polar surface area (TPSA) is 86.8 Å². The second-order valence-corrected chi connectivity index (χ2v) is 13.7. The number of carbonyl (C=O) groups is 2. The lowest BCUT2D eigenvalue weighted by molar-refractivity contribution is -0.140. The molecule has 0 aromatic heterocycles. The van der Waals surface area contributed by atoms with Gasteiger partial charge in [-0.3, -0.25) is 13.9 Å². The summed E-state index contributed by atoms with van der Waals surface area (Å²) in [7, 11) is -4.54. The largest absolute Gasteiger partial charge is 0.417 e. The Labute approximate surface area is 256 Å². The average molecular weight is 689 g/mol. The zero-order valence-corrected chi connectivity index (χ0v) is 26.4. The van der Waals surface area contributed by atoms with Crippen LogP contribution in [-0.4, -0.2) is 43.3 Å². The van der Waals surface area contributed by atoms with Crippen LogP contribution in [0.15, 0.2) is 82.2 Å². The second kappa shape index (κ2) is 13.0. The maximum absolute atomic E-state index is 13.9. The first-order chi connectivity index (χ1) is 19.4. The summed E-state index contributed by atoms with van der Waals surface area (Å²) in [6.07, 6.45) is -4.88. The summed E-state index contributed by atoms with van der Waals surface area (Å²) >= 11 is 9.17. The van der Waals surface area contributed by atoms with Crippen molar-refractivity contribution in [1.82, 2.24) is 10.2 Å². The Morgan fingerprint density at radius 1 is 0.976 bits per heavy atom. The Balaban J connectivity index is 2.12. The van der Waals surface area contributed by atoms with Crippen LogP contribution in [0.3, 0.4) is 0 Å². The van der Waals surface area contributed by atoms with E-state index in [4.69, 9.17) is 11.6 Å². The summed E-state index contributed by atoms with van der Waals surface area (Å²) in [5, 5.41) is 2.18. The van der Waals surface area contributed by atoms with Crippen molar-refractivity contribution in [2.45, 2.75) is 56.9 Å². The van der Waals surface area contributed by atoms with E-state index in [1.54, 1.807) is 51.1 Å². The Bertz CT molecular complexity index is 1550. The van der Waals surface area contributed by atoms with E-state index >= 15 is 0 Å². The number of nitrogens with one attached hydrogen (secondary N) is 1. The van der Waals surface area contributed by atoms with Crippen LogP contribution in [0.25, 0.3) is 0 Å². The van der Waals surface area contributed by atoms with E-state index in [-0.39, 0.29) is 11.4 Å². The molecule has 2 amide bonds. The van der Waals surface area contributed by atoms with Crippen molar-refractivity contribution in [2.75, 3.05) is 10.8 Å². The van der Waals surface area contributed by atoms with Gasteiger partial charge in [-0.05, 0) is 75.7 Å². The normalized spacial score (nSPS) is 12.9. The monoisotopic (exact) mass is 687 g/mol. The number of amides is 2. The Morgan fingerprint density at radius 3 is 2.19 bits per heavy atom. The molecular weight excluding hydrogens is 659 g/mol. The highest BCUT2D eigenvalue weighted by atomic mass is 79.9. The Kier molecular flexibility index (Phi) is 10.4. The number of halogens is 5. The van der Waals surface area contributed by atoms with Gasteiger partial charge in [0.05, 0.1) is 21.2 Å². The number of benzene rings is 3. The van der Waals surface area contributed by atoms with Gasteiger partial charge in [-0.15, -0.1) is 0 Å². The maximum atomic E-state index is 13.9. The molecule has 1 atom stereocenters. The molecule has 0 aliphatic heterocycles. The average Bonchev–Trinajstić information content (AvgIpc) is 2.89. The summed E-state index contributed by atoms with van der Waals surface area (Å²) in [6, 6.07) is 15.6. The van der Waals surface area contributed by atoms with Crippen LogP contribution in [0.4, 0.5) is 18.9 Å². The quantitative estimate of drug-likeness (QED) is 0.273. The molecule has 0 fully saturated rings. The van der Waals surface area contributed by atoms with Crippen LogP contribution in [0, 0.1) is 0 Å². The van der Waals surface area contributed by atoms with Crippen LogP contribution in [-0.2, 0) is 32.3 Å². The summed E-state index contributed by atoms with van der Waals surface area (Å²) in [5.41, 5.74) is -1.67. The molecule has 0 aliphatic rings. The molecule has 42 heavy (non-hydrogen) atoms. The van der Waals surface area contributed by atoms with Gasteiger partial charge in [0.15, 0.2) is 0 Å². The molecule has 3 rings (SSSR count). The van der Waals surface area contributed by atoms with Crippen molar-refractivity contribution >= 4 is 55.1 Å². The number of anilines is 1. The lowest BCUT2D eigenvalue weighted by Gasteiger charge is -2.33. The van der Waals surface area contributed by atoms with Gasteiger partial charge in [0.25, 0.3) is 10.0 Å². The zero-order chi connectivity index (χ0) is 31.5. The third-order valence-electron chi connectivity index (χ3n) is 6.06. The molecular formula is C29H30BrClF3N3O4S. The van der Waals surface area contributed by atoms with E-state index in [1.165, 1.54) is 36.1 Å². The molecule has 0 unspecified atom stereocenters. The summed E-state index contributed by atoms with van der Waals surface area (Å²) in [4.78, 5) is 28.0. The van der Waals surface area contributed by atoms with Crippen molar-refractivity contribution in [1.29, 1.82) is 0 Å². The van der Waals surface area contributed by atoms with Crippen LogP contribution >= 0.6 is 27.5 Å².